The summed E-state index contributed by atoms with van der Waals surface area (Å²) in [5, 5.41) is 4.90. The number of carbonyl (C=O) groups excluding carboxylic acids is 2. The van der Waals surface area contributed by atoms with Crippen LogP contribution in [0.5, 0.6) is 0 Å². The van der Waals surface area contributed by atoms with E-state index in [9.17, 15) is 18.0 Å². The van der Waals surface area contributed by atoms with Gasteiger partial charge in [-0.25, -0.2) is 8.42 Å². The van der Waals surface area contributed by atoms with Crippen LogP contribution in [0.4, 0.5) is 0 Å². The first-order valence-electron chi connectivity index (χ1n) is 11.5. The molecule has 0 saturated heterocycles. The third-order valence-corrected chi connectivity index (χ3v) is 7.27. The van der Waals surface area contributed by atoms with Crippen molar-refractivity contribution in [2.45, 2.75) is 49.6 Å². The highest BCUT2D eigenvalue weighted by Crippen LogP contribution is 2.21. The Balaban J connectivity index is 1.81. The molecule has 0 aliphatic carbocycles. The van der Waals surface area contributed by atoms with E-state index >= 15 is 0 Å². The van der Waals surface area contributed by atoms with E-state index in [0.29, 0.717) is 19.4 Å². The van der Waals surface area contributed by atoms with Gasteiger partial charge in [-0.2, -0.15) is 4.72 Å². The van der Waals surface area contributed by atoms with Crippen molar-refractivity contribution < 1.29 is 18.0 Å². The van der Waals surface area contributed by atoms with Crippen molar-refractivity contribution in [1.82, 2.24) is 10.0 Å². The second-order valence-electron chi connectivity index (χ2n) is 8.64. The molecule has 6 N–H and O–H groups in total. The quantitative estimate of drug-likeness (QED) is 0.304. The summed E-state index contributed by atoms with van der Waals surface area (Å²) in [6.07, 6.45) is 0.941. The van der Waals surface area contributed by atoms with Gasteiger partial charge in [-0.1, -0.05) is 60.2 Å². The van der Waals surface area contributed by atoms with Gasteiger partial charge in [0, 0.05) is 12.5 Å². The Morgan fingerprint density at radius 2 is 1.66 bits per heavy atom. The molecule has 3 rings (SSSR count). The number of aryl methyl sites for hydroxylation is 1. The summed E-state index contributed by atoms with van der Waals surface area (Å²) < 4.78 is 28.4. The number of carbonyl (C=O) groups is 2. The summed E-state index contributed by atoms with van der Waals surface area (Å²) in [6.45, 7) is 2.16. The molecule has 2 amide bonds. The maximum absolute atomic E-state index is 13.2. The Labute approximate surface area is 206 Å². The smallest absolute Gasteiger partial charge is 0.241 e. The van der Waals surface area contributed by atoms with Crippen molar-refractivity contribution in [2.24, 2.45) is 11.5 Å². The van der Waals surface area contributed by atoms with Gasteiger partial charge < -0.3 is 16.8 Å². The number of fused-ring (bicyclic) bond motifs is 1. The first-order chi connectivity index (χ1) is 16.7. The molecule has 0 saturated carbocycles. The molecule has 0 unspecified atom stereocenters. The molecule has 3 aromatic carbocycles. The molecule has 2 atom stereocenters. The summed E-state index contributed by atoms with van der Waals surface area (Å²) in [6, 6.07) is 18.4. The Hall–Kier alpha value is -3.27. The van der Waals surface area contributed by atoms with E-state index in [0.717, 1.165) is 21.9 Å². The van der Waals surface area contributed by atoms with Gasteiger partial charge >= 0.3 is 0 Å². The molecule has 0 aliphatic heterocycles. The van der Waals surface area contributed by atoms with Crippen molar-refractivity contribution >= 4 is 32.6 Å². The fourth-order valence-electron chi connectivity index (χ4n) is 3.99. The number of hydrogen-bond acceptors (Lipinski definition) is 5. The number of primary amides is 1. The molecule has 186 valence electrons. The number of rotatable bonds is 12. The topological polar surface area (TPSA) is 144 Å². The second kappa shape index (κ2) is 11.9. The molecule has 8 nitrogen and oxygen atoms in total. The maximum Gasteiger partial charge on any atom is 0.241 e. The Kier molecular flexibility index (Phi) is 8.97. The Morgan fingerprint density at radius 3 is 2.34 bits per heavy atom. The lowest BCUT2D eigenvalue weighted by molar-refractivity contribution is -0.124. The van der Waals surface area contributed by atoms with E-state index in [1.165, 1.54) is 12.1 Å². The zero-order valence-electron chi connectivity index (χ0n) is 19.7. The molecule has 9 heteroatoms. The minimum atomic E-state index is -3.94. The van der Waals surface area contributed by atoms with Crippen molar-refractivity contribution in [3.8, 4) is 0 Å². The Morgan fingerprint density at radius 1 is 0.971 bits per heavy atom. The third kappa shape index (κ3) is 7.35. The maximum atomic E-state index is 13.2. The summed E-state index contributed by atoms with van der Waals surface area (Å²) in [5.74, 6) is -1.09. The molecule has 0 fully saturated rings. The normalized spacial score (nSPS) is 13.3. The van der Waals surface area contributed by atoms with E-state index in [4.69, 9.17) is 11.5 Å². The lowest BCUT2D eigenvalue weighted by Gasteiger charge is -2.23. The zero-order valence-corrected chi connectivity index (χ0v) is 20.6. The van der Waals surface area contributed by atoms with Crippen LogP contribution >= 0.6 is 0 Å². The number of amides is 2. The SMILES string of the molecule is Cc1ccc(S(=O)(=O)N[C@@H](CCCN)C(=O)N[C@H](CC(N)=O)Cc2cccc3ccccc23)cc1. The van der Waals surface area contributed by atoms with Gasteiger partial charge in [0.1, 0.15) is 6.04 Å². The highest BCUT2D eigenvalue weighted by Gasteiger charge is 2.27. The summed E-state index contributed by atoms with van der Waals surface area (Å²) in [5.41, 5.74) is 13.0. The predicted molar refractivity (Wildman–Crippen MR) is 137 cm³/mol. The fourth-order valence-corrected chi connectivity index (χ4v) is 5.22. The van der Waals surface area contributed by atoms with E-state index in [1.807, 2.05) is 49.4 Å². The number of sulfonamides is 1. The van der Waals surface area contributed by atoms with Gasteiger partial charge in [0.05, 0.1) is 4.90 Å². The highest BCUT2D eigenvalue weighted by atomic mass is 32.2. The van der Waals surface area contributed by atoms with E-state index in [-0.39, 0.29) is 17.7 Å². The van der Waals surface area contributed by atoms with Crippen LogP contribution in [0.3, 0.4) is 0 Å². The zero-order chi connectivity index (χ0) is 25.4. The van der Waals surface area contributed by atoms with E-state index in [1.54, 1.807) is 12.1 Å². The standard InChI is InChI=1S/C26H32N4O4S/c1-18-11-13-22(14-12-18)35(33,34)30-24(10-5-15-27)26(32)29-21(17-25(28)31)16-20-8-4-7-19-6-2-3-9-23(19)20/h2-4,6-9,11-14,21,24,30H,5,10,15-17,27H2,1H3,(H2,28,31)(H,29,32)/t21-,24-/m0/s1. The van der Waals surface area contributed by atoms with Crippen LogP contribution < -0.4 is 21.5 Å². The lowest BCUT2D eigenvalue weighted by atomic mass is 9.97. The van der Waals surface area contributed by atoms with Crippen molar-refractivity contribution in [3.63, 3.8) is 0 Å². The molecule has 0 radical (unpaired) electrons. The number of benzene rings is 3. The van der Waals surface area contributed by atoms with Gasteiger partial charge in [0.15, 0.2) is 0 Å². The second-order valence-corrected chi connectivity index (χ2v) is 10.4. The Bertz CT molecular complexity index is 1270. The summed E-state index contributed by atoms with van der Waals surface area (Å²) in [7, 11) is -3.94. The average molecular weight is 497 g/mol. The molecular weight excluding hydrogens is 464 g/mol. The van der Waals surface area contributed by atoms with Crippen LogP contribution in [0.1, 0.15) is 30.4 Å². The van der Waals surface area contributed by atoms with E-state index in [2.05, 4.69) is 10.0 Å². The van der Waals surface area contributed by atoms with Crippen LogP contribution in [-0.2, 0) is 26.0 Å². The van der Waals surface area contributed by atoms with Crippen molar-refractivity contribution in [2.75, 3.05) is 6.54 Å². The first-order valence-corrected chi connectivity index (χ1v) is 13.0. The predicted octanol–water partition coefficient (Wildman–Crippen LogP) is 2.14. The van der Waals surface area contributed by atoms with Crippen molar-refractivity contribution in [1.29, 1.82) is 0 Å². The number of nitrogens with two attached hydrogens (primary N) is 2. The average Bonchev–Trinajstić information content (AvgIpc) is 2.81. The molecule has 0 aliphatic rings. The minimum Gasteiger partial charge on any atom is -0.370 e. The van der Waals surface area contributed by atoms with Crippen LogP contribution in [0, 0.1) is 6.92 Å². The number of hydrogen-bond donors (Lipinski definition) is 4. The van der Waals surface area contributed by atoms with Crippen LogP contribution in [0.15, 0.2) is 71.6 Å². The van der Waals surface area contributed by atoms with Gasteiger partial charge in [-0.3, -0.25) is 9.59 Å². The highest BCUT2D eigenvalue weighted by molar-refractivity contribution is 7.89. The summed E-state index contributed by atoms with van der Waals surface area (Å²) >= 11 is 0. The van der Waals surface area contributed by atoms with Crippen LogP contribution in [0.2, 0.25) is 0 Å². The molecule has 0 spiro atoms. The van der Waals surface area contributed by atoms with Crippen LogP contribution in [-0.4, -0.2) is 38.9 Å². The molecule has 0 aromatic heterocycles. The third-order valence-electron chi connectivity index (χ3n) is 5.78. The van der Waals surface area contributed by atoms with Gasteiger partial charge in [0.2, 0.25) is 21.8 Å². The number of nitrogens with one attached hydrogen (secondary N) is 2. The molecule has 0 bridgehead atoms. The van der Waals surface area contributed by atoms with Crippen molar-refractivity contribution in [3.05, 3.63) is 77.9 Å². The lowest BCUT2D eigenvalue weighted by Crippen LogP contribution is -2.51. The monoisotopic (exact) mass is 496 g/mol. The minimum absolute atomic E-state index is 0.0677. The largest absolute Gasteiger partial charge is 0.370 e. The van der Waals surface area contributed by atoms with E-state index < -0.39 is 33.9 Å². The molecule has 0 heterocycles. The van der Waals surface area contributed by atoms with Gasteiger partial charge in [-0.15, -0.1) is 0 Å². The molecule has 35 heavy (non-hydrogen) atoms. The van der Waals surface area contributed by atoms with Crippen LogP contribution in [0.25, 0.3) is 10.8 Å². The molecule has 3 aromatic rings. The summed E-state index contributed by atoms with van der Waals surface area (Å²) in [4.78, 5) is 25.1. The van der Waals surface area contributed by atoms with Gasteiger partial charge in [0.25, 0.3) is 0 Å². The van der Waals surface area contributed by atoms with Gasteiger partial charge in [-0.05, 0) is 61.2 Å². The fraction of sp³-hybridized carbons (Fsp3) is 0.308. The molecular formula is C26H32N4O4S. The first kappa shape index (κ1) is 26.3.